The van der Waals surface area contributed by atoms with Crippen molar-refractivity contribution in [1.29, 1.82) is 0 Å². The van der Waals surface area contributed by atoms with Crippen molar-refractivity contribution in [1.82, 2.24) is 4.90 Å². The normalized spacial score (nSPS) is 16.5. The summed E-state index contributed by atoms with van der Waals surface area (Å²) in [6.07, 6.45) is 3.76. The molecule has 1 saturated heterocycles. The van der Waals surface area contributed by atoms with E-state index < -0.39 is 0 Å². The van der Waals surface area contributed by atoms with E-state index in [1.165, 1.54) is 26.2 Å². The molecule has 1 aliphatic rings. The Labute approximate surface area is 108 Å². The van der Waals surface area contributed by atoms with Crippen molar-refractivity contribution in [2.75, 3.05) is 18.4 Å². The van der Waals surface area contributed by atoms with Gasteiger partial charge in [-0.15, -0.1) is 0 Å². The number of piperidine rings is 1. The fourth-order valence-corrected chi connectivity index (χ4v) is 2.35. The number of amides is 1. The van der Waals surface area contributed by atoms with Crippen molar-refractivity contribution < 1.29 is 9.90 Å². The molecule has 0 radical (unpaired) electrons. The molecule has 4 heteroatoms. The van der Waals surface area contributed by atoms with E-state index in [1.54, 1.807) is 12.1 Å². The molecule has 0 atom stereocenters. The average molecular weight is 248 g/mol. The first-order valence-electron chi connectivity index (χ1n) is 6.47. The molecule has 0 saturated carbocycles. The van der Waals surface area contributed by atoms with Gasteiger partial charge in [0, 0.05) is 24.7 Å². The van der Waals surface area contributed by atoms with E-state index in [-0.39, 0.29) is 5.91 Å². The molecule has 0 aromatic heterocycles. The minimum absolute atomic E-state index is 0.0930. The van der Waals surface area contributed by atoms with Crippen molar-refractivity contribution >= 4 is 11.6 Å². The largest absolute Gasteiger partial charge is 0.508 e. The van der Waals surface area contributed by atoms with Crippen LogP contribution in [0.3, 0.4) is 0 Å². The SMILES string of the molecule is CC(=O)Nc1ccc(O)c(CN2CCCCC2)c1. The number of phenols is 1. The Morgan fingerprint density at radius 2 is 2.06 bits per heavy atom. The Morgan fingerprint density at radius 3 is 2.72 bits per heavy atom. The van der Waals surface area contributed by atoms with E-state index in [0.29, 0.717) is 5.75 Å². The van der Waals surface area contributed by atoms with Gasteiger partial charge in [-0.3, -0.25) is 9.69 Å². The quantitative estimate of drug-likeness (QED) is 0.807. The fraction of sp³-hybridized carbons (Fsp3) is 0.500. The van der Waals surface area contributed by atoms with Crippen LogP contribution in [0.2, 0.25) is 0 Å². The number of hydrogen-bond acceptors (Lipinski definition) is 3. The number of phenolic OH excluding ortho intramolecular Hbond substituents is 1. The van der Waals surface area contributed by atoms with E-state index in [4.69, 9.17) is 0 Å². The van der Waals surface area contributed by atoms with Crippen molar-refractivity contribution in [3.8, 4) is 5.75 Å². The number of hydrogen-bond donors (Lipinski definition) is 2. The Kier molecular flexibility index (Phi) is 4.20. The van der Waals surface area contributed by atoms with Crippen LogP contribution in [-0.2, 0) is 11.3 Å². The van der Waals surface area contributed by atoms with Gasteiger partial charge in [0.25, 0.3) is 0 Å². The predicted molar refractivity (Wildman–Crippen MR) is 71.5 cm³/mol. The molecule has 1 aromatic carbocycles. The maximum atomic E-state index is 11.0. The summed E-state index contributed by atoms with van der Waals surface area (Å²) in [4.78, 5) is 13.4. The Morgan fingerprint density at radius 1 is 1.33 bits per heavy atom. The molecule has 0 bridgehead atoms. The first-order valence-corrected chi connectivity index (χ1v) is 6.47. The Bertz CT molecular complexity index is 426. The van der Waals surface area contributed by atoms with E-state index in [0.717, 1.165) is 30.9 Å². The second kappa shape index (κ2) is 5.87. The minimum Gasteiger partial charge on any atom is -0.508 e. The molecule has 0 aliphatic carbocycles. The van der Waals surface area contributed by atoms with Gasteiger partial charge in [-0.25, -0.2) is 0 Å². The van der Waals surface area contributed by atoms with Gasteiger partial charge >= 0.3 is 0 Å². The lowest BCUT2D eigenvalue weighted by atomic mass is 10.1. The number of carbonyl (C=O) groups is 1. The number of benzene rings is 1. The lowest BCUT2D eigenvalue weighted by Crippen LogP contribution is -2.29. The van der Waals surface area contributed by atoms with Gasteiger partial charge in [0.2, 0.25) is 5.91 Å². The number of rotatable bonds is 3. The van der Waals surface area contributed by atoms with Crippen LogP contribution in [0.1, 0.15) is 31.7 Å². The highest BCUT2D eigenvalue weighted by Gasteiger charge is 2.13. The van der Waals surface area contributed by atoms with Gasteiger partial charge in [-0.2, -0.15) is 0 Å². The molecular weight excluding hydrogens is 228 g/mol. The third kappa shape index (κ3) is 3.47. The van der Waals surface area contributed by atoms with Gasteiger partial charge in [0.15, 0.2) is 0 Å². The number of nitrogens with one attached hydrogen (secondary N) is 1. The van der Waals surface area contributed by atoms with Gasteiger partial charge in [-0.1, -0.05) is 6.42 Å². The zero-order valence-electron chi connectivity index (χ0n) is 10.8. The third-order valence-corrected chi connectivity index (χ3v) is 3.24. The number of anilines is 1. The molecule has 1 heterocycles. The van der Waals surface area contributed by atoms with Crippen LogP contribution in [0.5, 0.6) is 5.75 Å². The molecule has 2 rings (SSSR count). The lowest BCUT2D eigenvalue weighted by Gasteiger charge is -2.26. The topological polar surface area (TPSA) is 52.6 Å². The summed E-state index contributed by atoms with van der Waals surface area (Å²) in [6, 6.07) is 5.21. The Hall–Kier alpha value is -1.55. The van der Waals surface area contributed by atoms with Crippen LogP contribution < -0.4 is 5.32 Å². The molecule has 1 aromatic rings. The molecule has 98 valence electrons. The molecule has 4 nitrogen and oxygen atoms in total. The first-order chi connectivity index (χ1) is 8.65. The van der Waals surface area contributed by atoms with Gasteiger partial charge in [0.1, 0.15) is 5.75 Å². The van der Waals surface area contributed by atoms with Gasteiger partial charge in [-0.05, 0) is 44.1 Å². The molecule has 0 unspecified atom stereocenters. The van der Waals surface area contributed by atoms with Crippen molar-refractivity contribution in [2.24, 2.45) is 0 Å². The van der Waals surface area contributed by atoms with E-state index >= 15 is 0 Å². The highest BCUT2D eigenvalue weighted by Crippen LogP contribution is 2.24. The van der Waals surface area contributed by atoms with Crippen LogP contribution in [0.25, 0.3) is 0 Å². The van der Waals surface area contributed by atoms with Crippen molar-refractivity contribution in [3.05, 3.63) is 23.8 Å². The van der Waals surface area contributed by atoms with E-state index in [2.05, 4.69) is 10.2 Å². The number of aromatic hydroxyl groups is 1. The Balaban J connectivity index is 2.07. The van der Waals surface area contributed by atoms with Gasteiger partial charge < -0.3 is 10.4 Å². The second-order valence-corrected chi connectivity index (χ2v) is 4.86. The summed E-state index contributed by atoms with van der Waals surface area (Å²) in [6.45, 7) is 4.41. The van der Waals surface area contributed by atoms with Crippen molar-refractivity contribution in [3.63, 3.8) is 0 Å². The zero-order chi connectivity index (χ0) is 13.0. The highest BCUT2D eigenvalue weighted by molar-refractivity contribution is 5.88. The lowest BCUT2D eigenvalue weighted by molar-refractivity contribution is -0.114. The second-order valence-electron chi connectivity index (χ2n) is 4.86. The van der Waals surface area contributed by atoms with Crippen LogP contribution in [0.4, 0.5) is 5.69 Å². The molecule has 1 amide bonds. The summed E-state index contributed by atoms with van der Waals surface area (Å²) in [5, 5.41) is 12.6. The standard InChI is InChI=1S/C14H20N2O2/c1-11(17)15-13-5-6-14(18)12(9-13)10-16-7-3-2-4-8-16/h5-6,9,18H,2-4,7-8,10H2,1H3,(H,15,17). The average Bonchev–Trinajstić information content (AvgIpc) is 2.34. The fourth-order valence-electron chi connectivity index (χ4n) is 2.35. The summed E-state index contributed by atoms with van der Waals surface area (Å²) in [5.74, 6) is 0.208. The minimum atomic E-state index is -0.0930. The molecule has 0 spiro atoms. The van der Waals surface area contributed by atoms with Crippen LogP contribution in [0, 0.1) is 0 Å². The maximum Gasteiger partial charge on any atom is 0.221 e. The molecule has 18 heavy (non-hydrogen) atoms. The smallest absolute Gasteiger partial charge is 0.221 e. The molecule has 1 aliphatic heterocycles. The molecule has 2 N–H and O–H groups in total. The van der Waals surface area contributed by atoms with Crippen LogP contribution in [-0.4, -0.2) is 29.0 Å². The summed E-state index contributed by atoms with van der Waals surface area (Å²) in [5.41, 5.74) is 1.62. The first kappa shape index (κ1) is 12.9. The summed E-state index contributed by atoms with van der Waals surface area (Å²) >= 11 is 0. The van der Waals surface area contributed by atoms with Gasteiger partial charge in [0.05, 0.1) is 0 Å². The highest BCUT2D eigenvalue weighted by atomic mass is 16.3. The van der Waals surface area contributed by atoms with Crippen LogP contribution >= 0.6 is 0 Å². The molecular formula is C14H20N2O2. The summed E-state index contributed by atoms with van der Waals surface area (Å²) in [7, 11) is 0. The van der Waals surface area contributed by atoms with Crippen molar-refractivity contribution in [2.45, 2.75) is 32.7 Å². The van der Waals surface area contributed by atoms with E-state index in [9.17, 15) is 9.90 Å². The number of carbonyl (C=O) groups excluding carboxylic acids is 1. The number of nitrogens with zero attached hydrogens (tertiary/aromatic N) is 1. The van der Waals surface area contributed by atoms with Crippen LogP contribution in [0.15, 0.2) is 18.2 Å². The molecule has 1 fully saturated rings. The van der Waals surface area contributed by atoms with E-state index in [1.807, 2.05) is 6.07 Å². The monoisotopic (exact) mass is 248 g/mol. The summed E-state index contributed by atoms with van der Waals surface area (Å²) < 4.78 is 0. The maximum absolute atomic E-state index is 11.0. The predicted octanol–water partition coefficient (Wildman–Crippen LogP) is 2.34. The number of likely N-dealkylation sites (tertiary alicyclic amines) is 1. The zero-order valence-corrected chi connectivity index (χ0v) is 10.8. The third-order valence-electron chi connectivity index (χ3n) is 3.24.